The molecule has 0 aromatic heterocycles. The standard InChI is InChI=1S/C28H32N4OS/c1-33-24-14-12-22(13-15-24)30-26-25(32-18-6-3-7-19-32)28(16-4-2-5-17-28)27(34-26)31-23-10-8-21(20-29)9-11-23/h8-15,25H,2-7,16-19H2,1H3. The van der Waals surface area contributed by atoms with Crippen LogP contribution in [-0.4, -0.2) is 41.2 Å². The molecule has 2 saturated heterocycles. The Morgan fingerprint density at radius 1 is 0.882 bits per heavy atom. The lowest BCUT2D eigenvalue weighted by Crippen LogP contribution is -2.52. The van der Waals surface area contributed by atoms with Crippen molar-refractivity contribution in [2.75, 3.05) is 20.2 Å². The fourth-order valence-electron chi connectivity index (χ4n) is 5.69. The van der Waals surface area contributed by atoms with Gasteiger partial charge in [0.25, 0.3) is 0 Å². The highest BCUT2D eigenvalue weighted by atomic mass is 32.2. The quantitative estimate of drug-likeness (QED) is 0.487. The van der Waals surface area contributed by atoms with E-state index in [1.165, 1.54) is 48.6 Å². The fourth-order valence-corrected chi connectivity index (χ4v) is 7.20. The van der Waals surface area contributed by atoms with Gasteiger partial charge in [-0.2, -0.15) is 5.26 Å². The van der Waals surface area contributed by atoms with Gasteiger partial charge in [0.15, 0.2) is 0 Å². The molecular weight excluding hydrogens is 440 g/mol. The summed E-state index contributed by atoms with van der Waals surface area (Å²) in [5.41, 5.74) is 2.59. The first kappa shape index (κ1) is 23.1. The number of rotatable bonds is 4. The van der Waals surface area contributed by atoms with Gasteiger partial charge in [0.2, 0.25) is 0 Å². The second kappa shape index (κ2) is 10.3. The lowest BCUT2D eigenvalue weighted by molar-refractivity contribution is 0.111. The first-order chi connectivity index (χ1) is 16.7. The monoisotopic (exact) mass is 472 g/mol. The number of hydrogen-bond donors (Lipinski definition) is 0. The van der Waals surface area contributed by atoms with Gasteiger partial charge >= 0.3 is 0 Å². The second-order valence-electron chi connectivity index (χ2n) is 9.54. The Morgan fingerprint density at radius 2 is 1.50 bits per heavy atom. The lowest BCUT2D eigenvalue weighted by Gasteiger charge is -2.44. The number of likely N-dealkylation sites (tertiary alicyclic amines) is 1. The van der Waals surface area contributed by atoms with Crippen LogP contribution in [-0.2, 0) is 0 Å². The maximum Gasteiger partial charge on any atom is 0.119 e. The molecule has 1 atom stereocenters. The summed E-state index contributed by atoms with van der Waals surface area (Å²) in [4.78, 5) is 13.1. The van der Waals surface area contributed by atoms with Gasteiger partial charge in [-0.1, -0.05) is 37.4 Å². The van der Waals surface area contributed by atoms with Gasteiger partial charge in [0.1, 0.15) is 5.75 Å². The molecule has 1 unspecified atom stereocenters. The largest absolute Gasteiger partial charge is 0.497 e. The maximum absolute atomic E-state index is 9.18. The average Bonchev–Trinajstić information content (AvgIpc) is 3.17. The summed E-state index contributed by atoms with van der Waals surface area (Å²) in [6.07, 6.45) is 9.95. The highest BCUT2D eigenvalue weighted by molar-refractivity contribution is 8.27. The van der Waals surface area contributed by atoms with Crippen LogP contribution in [0.15, 0.2) is 58.5 Å². The molecule has 3 fully saturated rings. The molecule has 0 radical (unpaired) electrons. The maximum atomic E-state index is 9.18. The van der Waals surface area contributed by atoms with Gasteiger partial charge in [-0.05, 0) is 87.3 Å². The first-order valence-corrected chi connectivity index (χ1v) is 13.3. The summed E-state index contributed by atoms with van der Waals surface area (Å²) in [5, 5.41) is 11.6. The van der Waals surface area contributed by atoms with E-state index in [2.05, 4.69) is 11.0 Å². The van der Waals surface area contributed by atoms with Crippen LogP contribution in [0.1, 0.15) is 56.9 Å². The van der Waals surface area contributed by atoms with Crippen LogP contribution in [0.3, 0.4) is 0 Å². The van der Waals surface area contributed by atoms with Crippen molar-refractivity contribution in [2.24, 2.45) is 15.4 Å². The minimum Gasteiger partial charge on any atom is -0.497 e. The molecule has 6 heteroatoms. The lowest BCUT2D eigenvalue weighted by atomic mass is 9.69. The van der Waals surface area contributed by atoms with E-state index < -0.39 is 0 Å². The van der Waals surface area contributed by atoms with Crippen LogP contribution < -0.4 is 4.74 Å². The molecule has 1 aliphatic carbocycles. The zero-order chi connectivity index (χ0) is 23.4. The molecule has 5 nitrogen and oxygen atoms in total. The minimum absolute atomic E-state index is 0.0272. The Morgan fingerprint density at radius 3 is 2.15 bits per heavy atom. The van der Waals surface area contributed by atoms with E-state index in [4.69, 9.17) is 14.7 Å². The Balaban J connectivity index is 1.58. The van der Waals surface area contributed by atoms with E-state index in [0.717, 1.165) is 43.1 Å². The molecular formula is C28H32N4OS. The van der Waals surface area contributed by atoms with E-state index in [9.17, 15) is 5.26 Å². The number of thioether (sulfide) groups is 1. The average molecular weight is 473 g/mol. The van der Waals surface area contributed by atoms with E-state index in [1.54, 1.807) is 18.9 Å². The molecule has 1 saturated carbocycles. The molecule has 176 valence electrons. The van der Waals surface area contributed by atoms with Crippen molar-refractivity contribution in [1.29, 1.82) is 5.26 Å². The predicted octanol–water partition coefficient (Wildman–Crippen LogP) is 6.88. The van der Waals surface area contributed by atoms with Crippen LogP contribution in [0.25, 0.3) is 0 Å². The van der Waals surface area contributed by atoms with E-state index in [1.807, 2.05) is 48.5 Å². The summed E-state index contributed by atoms with van der Waals surface area (Å²) in [6, 6.07) is 18.2. The molecule has 2 aromatic rings. The highest BCUT2D eigenvalue weighted by Gasteiger charge is 2.55. The highest BCUT2D eigenvalue weighted by Crippen LogP contribution is 2.53. The van der Waals surface area contributed by atoms with E-state index in [0.29, 0.717) is 5.56 Å². The molecule has 5 rings (SSSR count). The van der Waals surface area contributed by atoms with Crippen LogP contribution in [0.2, 0.25) is 0 Å². The summed E-state index contributed by atoms with van der Waals surface area (Å²) < 4.78 is 5.34. The van der Waals surface area contributed by atoms with Gasteiger partial charge in [-0.15, -0.1) is 0 Å². The molecule has 2 heterocycles. The Labute approximate surface area is 206 Å². The number of benzene rings is 2. The second-order valence-corrected chi connectivity index (χ2v) is 10.6. The van der Waals surface area contributed by atoms with Crippen LogP contribution in [0, 0.1) is 16.7 Å². The van der Waals surface area contributed by atoms with Gasteiger partial charge in [0.05, 0.1) is 46.2 Å². The summed E-state index contributed by atoms with van der Waals surface area (Å²) >= 11 is 1.79. The molecule has 3 aliphatic rings. The SMILES string of the molecule is COc1ccc(N=C2SC(=Nc3ccc(C#N)cc3)C3(CCCCC3)C2N2CCCCC2)cc1. The van der Waals surface area contributed by atoms with Crippen molar-refractivity contribution in [3.8, 4) is 11.8 Å². The predicted molar refractivity (Wildman–Crippen MR) is 141 cm³/mol. The normalized spacial score (nSPS) is 25.0. The van der Waals surface area contributed by atoms with E-state index in [-0.39, 0.29) is 11.5 Å². The topological polar surface area (TPSA) is 61.0 Å². The van der Waals surface area contributed by atoms with Gasteiger partial charge in [-0.3, -0.25) is 4.90 Å². The summed E-state index contributed by atoms with van der Waals surface area (Å²) in [5.74, 6) is 0.849. The van der Waals surface area contributed by atoms with Crippen molar-refractivity contribution in [2.45, 2.75) is 57.4 Å². The third kappa shape index (κ3) is 4.64. The third-order valence-electron chi connectivity index (χ3n) is 7.42. The zero-order valence-electron chi connectivity index (χ0n) is 19.9. The van der Waals surface area contributed by atoms with Gasteiger partial charge in [0, 0.05) is 5.41 Å². The molecule has 2 aliphatic heterocycles. The molecule has 2 aromatic carbocycles. The Kier molecular flexibility index (Phi) is 7.03. The Hall–Kier alpha value is -2.62. The smallest absolute Gasteiger partial charge is 0.119 e. The summed E-state index contributed by atoms with van der Waals surface area (Å²) in [7, 11) is 1.69. The fraction of sp³-hybridized carbons (Fsp3) is 0.464. The van der Waals surface area contributed by atoms with Crippen molar-refractivity contribution in [3.63, 3.8) is 0 Å². The number of aliphatic imine (C=N–C) groups is 2. The minimum atomic E-state index is 0.0272. The molecule has 0 N–H and O–H groups in total. The number of nitriles is 1. The van der Waals surface area contributed by atoms with Gasteiger partial charge < -0.3 is 4.74 Å². The molecule has 0 bridgehead atoms. The molecule has 1 spiro atoms. The van der Waals surface area contributed by atoms with Crippen molar-refractivity contribution < 1.29 is 4.74 Å². The molecule has 34 heavy (non-hydrogen) atoms. The van der Waals surface area contributed by atoms with Crippen molar-refractivity contribution >= 4 is 33.2 Å². The van der Waals surface area contributed by atoms with Crippen molar-refractivity contribution in [3.05, 3.63) is 54.1 Å². The van der Waals surface area contributed by atoms with Gasteiger partial charge in [-0.25, -0.2) is 9.98 Å². The third-order valence-corrected chi connectivity index (χ3v) is 8.64. The van der Waals surface area contributed by atoms with E-state index >= 15 is 0 Å². The number of piperidine rings is 1. The zero-order valence-corrected chi connectivity index (χ0v) is 20.7. The number of methoxy groups -OCH3 is 1. The first-order valence-electron chi connectivity index (χ1n) is 12.5. The number of ether oxygens (including phenoxy) is 1. The molecule has 0 amide bonds. The summed E-state index contributed by atoms with van der Waals surface area (Å²) in [6.45, 7) is 2.28. The van der Waals surface area contributed by atoms with Crippen LogP contribution in [0.5, 0.6) is 5.75 Å². The Bertz CT molecular complexity index is 1090. The number of nitrogens with zero attached hydrogens (tertiary/aromatic N) is 4. The van der Waals surface area contributed by atoms with Crippen molar-refractivity contribution in [1.82, 2.24) is 4.90 Å². The number of hydrogen-bond acceptors (Lipinski definition) is 6. The van der Waals surface area contributed by atoms with Crippen LogP contribution in [0.4, 0.5) is 11.4 Å². The van der Waals surface area contributed by atoms with Crippen LogP contribution >= 0.6 is 11.8 Å².